The summed E-state index contributed by atoms with van der Waals surface area (Å²) in [5, 5.41) is 3.04. The summed E-state index contributed by atoms with van der Waals surface area (Å²) in [4.78, 5) is 17.0. The summed E-state index contributed by atoms with van der Waals surface area (Å²) < 4.78 is 1.92. The van der Waals surface area contributed by atoms with Crippen LogP contribution >= 0.6 is 0 Å². The topological polar surface area (TPSA) is 46.4 Å². The average Bonchev–Trinajstić information content (AvgIpc) is 2.93. The molecule has 1 amide bonds. The molecular formula is C19H21N3O. The highest BCUT2D eigenvalue weighted by Crippen LogP contribution is 2.26. The fourth-order valence-corrected chi connectivity index (χ4v) is 2.70. The highest BCUT2D eigenvalue weighted by Gasteiger charge is 2.13. The summed E-state index contributed by atoms with van der Waals surface area (Å²) >= 11 is 0. The van der Waals surface area contributed by atoms with Gasteiger partial charge in [0.1, 0.15) is 5.65 Å². The van der Waals surface area contributed by atoms with Crippen molar-refractivity contribution in [3.8, 4) is 0 Å². The number of nitrogens with one attached hydrogen (secondary N) is 1. The van der Waals surface area contributed by atoms with Gasteiger partial charge in [-0.05, 0) is 43.0 Å². The molecule has 0 radical (unpaired) electrons. The van der Waals surface area contributed by atoms with E-state index in [1.165, 1.54) is 5.56 Å². The Labute approximate surface area is 136 Å². The molecule has 1 aromatic carbocycles. The minimum Gasteiger partial charge on any atom is -0.322 e. The van der Waals surface area contributed by atoms with Crippen molar-refractivity contribution in [1.29, 1.82) is 0 Å². The van der Waals surface area contributed by atoms with Crippen LogP contribution in [0.15, 0.2) is 48.8 Å². The summed E-state index contributed by atoms with van der Waals surface area (Å²) in [7, 11) is 0. The Morgan fingerprint density at radius 3 is 2.87 bits per heavy atom. The Hall–Kier alpha value is -2.62. The molecule has 118 valence electrons. The molecule has 0 spiro atoms. The van der Waals surface area contributed by atoms with Crippen LogP contribution in [0.4, 0.5) is 5.69 Å². The predicted molar refractivity (Wildman–Crippen MR) is 93.0 cm³/mol. The van der Waals surface area contributed by atoms with Gasteiger partial charge in [-0.25, -0.2) is 4.98 Å². The molecule has 2 aromatic heterocycles. The molecule has 2 heterocycles. The smallest absolute Gasteiger partial charge is 0.255 e. The molecular weight excluding hydrogens is 286 g/mol. The van der Waals surface area contributed by atoms with Crippen molar-refractivity contribution in [2.75, 3.05) is 5.32 Å². The summed E-state index contributed by atoms with van der Waals surface area (Å²) in [5.41, 5.74) is 4.38. The van der Waals surface area contributed by atoms with Gasteiger partial charge >= 0.3 is 0 Å². The Balaban J connectivity index is 1.88. The fraction of sp³-hybridized carbons (Fsp3) is 0.263. The quantitative estimate of drug-likeness (QED) is 0.776. The van der Waals surface area contributed by atoms with E-state index in [0.29, 0.717) is 11.5 Å². The largest absolute Gasteiger partial charge is 0.322 e. The maximum Gasteiger partial charge on any atom is 0.255 e. The Morgan fingerprint density at radius 1 is 1.30 bits per heavy atom. The van der Waals surface area contributed by atoms with Gasteiger partial charge in [0, 0.05) is 23.6 Å². The first-order valence-corrected chi connectivity index (χ1v) is 7.94. The van der Waals surface area contributed by atoms with Crippen molar-refractivity contribution < 1.29 is 4.79 Å². The van der Waals surface area contributed by atoms with Crippen LogP contribution in [0.25, 0.3) is 5.65 Å². The molecule has 1 N–H and O–H groups in total. The van der Waals surface area contributed by atoms with Crippen LogP contribution in [-0.2, 0) is 0 Å². The third kappa shape index (κ3) is 3.11. The molecule has 0 aliphatic rings. The zero-order chi connectivity index (χ0) is 16.4. The van der Waals surface area contributed by atoms with Crippen LogP contribution in [0.1, 0.15) is 47.8 Å². The van der Waals surface area contributed by atoms with Crippen LogP contribution in [0.5, 0.6) is 0 Å². The van der Waals surface area contributed by atoms with Gasteiger partial charge < -0.3 is 9.72 Å². The van der Waals surface area contributed by atoms with Gasteiger partial charge in [-0.15, -0.1) is 0 Å². The number of fused-ring (bicyclic) bond motifs is 1. The minimum atomic E-state index is -0.107. The number of nitrogens with zero attached hydrogens (tertiary/aromatic N) is 2. The number of benzene rings is 1. The first kappa shape index (κ1) is 15.3. The van der Waals surface area contributed by atoms with E-state index in [1.807, 2.05) is 54.0 Å². The number of pyridine rings is 1. The van der Waals surface area contributed by atoms with E-state index in [-0.39, 0.29) is 5.91 Å². The maximum atomic E-state index is 12.6. The average molecular weight is 307 g/mol. The van der Waals surface area contributed by atoms with E-state index in [2.05, 4.69) is 30.2 Å². The van der Waals surface area contributed by atoms with Crippen LogP contribution in [0.3, 0.4) is 0 Å². The number of hydrogen-bond acceptors (Lipinski definition) is 2. The normalized spacial score (nSPS) is 12.3. The SMILES string of the molecule is CCC(C)c1ccccc1NC(=O)c1ccn2cc(C)nc2c1. The summed E-state index contributed by atoms with van der Waals surface area (Å²) in [6, 6.07) is 11.6. The van der Waals surface area contributed by atoms with E-state index >= 15 is 0 Å². The molecule has 3 rings (SSSR count). The molecule has 23 heavy (non-hydrogen) atoms. The van der Waals surface area contributed by atoms with Gasteiger partial charge in [-0.2, -0.15) is 0 Å². The van der Waals surface area contributed by atoms with Gasteiger partial charge in [-0.3, -0.25) is 4.79 Å². The van der Waals surface area contributed by atoms with Crippen LogP contribution in [0, 0.1) is 6.92 Å². The second kappa shape index (κ2) is 6.24. The van der Waals surface area contributed by atoms with Crippen molar-refractivity contribution in [1.82, 2.24) is 9.38 Å². The number of aromatic nitrogens is 2. The maximum absolute atomic E-state index is 12.6. The summed E-state index contributed by atoms with van der Waals surface area (Å²) in [5.74, 6) is 0.299. The minimum absolute atomic E-state index is 0.107. The van der Waals surface area contributed by atoms with Crippen LogP contribution < -0.4 is 5.32 Å². The van der Waals surface area contributed by atoms with Gasteiger partial charge in [0.2, 0.25) is 0 Å². The molecule has 0 aliphatic carbocycles. The van der Waals surface area contributed by atoms with E-state index in [4.69, 9.17) is 0 Å². The van der Waals surface area contributed by atoms with Gasteiger partial charge in [-0.1, -0.05) is 32.0 Å². The Morgan fingerprint density at radius 2 is 2.09 bits per heavy atom. The monoisotopic (exact) mass is 307 g/mol. The Kier molecular flexibility index (Phi) is 4.15. The molecule has 0 bridgehead atoms. The number of hydrogen-bond donors (Lipinski definition) is 1. The van der Waals surface area contributed by atoms with E-state index in [9.17, 15) is 4.79 Å². The van der Waals surface area contributed by atoms with Gasteiger partial charge in [0.15, 0.2) is 0 Å². The summed E-state index contributed by atoms with van der Waals surface area (Å²) in [6.45, 7) is 6.26. The lowest BCUT2D eigenvalue weighted by Gasteiger charge is -2.15. The number of carbonyl (C=O) groups excluding carboxylic acids is 1. The second-order valence-corrected chi connectivity index (χ2v) is 5.91. The van der Waals surface area contributed by atoms with E-state index < -0.39 is 0 Å². The van der Waals surface area contributed by atoms with Crippen molar-refractivity contribution >= 4 is 17.2 Å². The summed E-state index contributed by atoms with van der Waals surface area (Å²) in [6.07, 6.45) is 4.84. The zero-order valence-corrected chi connectivity index (χ0v) is 13.7. The lowest BCUT2D eigenvalue weighted by Crippen LogP contribution is -2.14. The number of carbonyl (C=O) groups is 1. The third-order valence-electron chi connectivity index (χ3n) is 4.20. The van der Waals surface area contributed by atoms with Crippen molar-refractivity contribution in [2.24, 2.45) is 0 Å². The van der Waals surface area contributed by atoms with Crippen molar-refractivity contribution in [3.63, 3.8) is 0 Å². The lowest BCUT2D eigenvalue weighted by molar-refractivity contribution is 0.102. The predicted octanol–water partition coefficient (Wildman–Crippen LogP) is 4.41. The van der Waals surface area contributed by atoms with Crippen LogP contribution in [0.2, 0.25) is 0 Å². The molecule has 4 heteroatoms. The van der Waals surface area contributed by atoms with Crippen molar-refractivity contribution in [2.45, 2.75) is 33.1 Å². The number of para-hydroxylation sites is 1. The highest BCUT2D eigenvalue weighted by atomic mass is 16.1. The first-order valence-electron chi connectivity index (χ1n) is 7.94. The second-order valence-electron chi connectivity index (χ2n) is 5.91. The third-order valence-corrected chi connectivity index (χ3v) is 4.20. The Bertz CT molecular complexity index is 851. The molecule has 3 aromatic rings. The number of rotatable bonds is 4. The fourth-order valence-electron chi connectivity index (χ4n) is 2.70. The molecule has 0 fully saturated rings. The first-order chi connectivity index (χ1) is 11.1. The number of anilines is 1. The molecule has 4 nitrogen and oxygen atoms in total. The molecule has 0 saturated heterocycles. The van der Waals surface area contributed by atoms with E-state index in [1.54, 1.807) is 0 Å². The highest BCUT2D eigenvalue weighted by molar-refractivity contribution is 6.05. The molecule has 1 unspecified atom stereocenters. The van der Waals surface area contributed by atoms with Gasteiger partial charge in [0.05, 0.1) is 5.69 Å². The zero-order valence-electron chi connectivity index (χ0n) is 13.7. The standard InChI is InChI=1S/C19H21N3O/c1-4-13(2)16-7-5-6-8-17(16)21-19(23)15-9-10-22-12-14(3)20-18(22)11-15/h5-13H,4H2,1-3H3,(H,21,23). The molecule has 0 saturated carbocycles. The number of imidazole rings is 1. The van der Waals surface area contributed by atoms with Crippen molar-refractivity contribution in [3.05, 3.63) is 65.6 Å². The van der Waals surface area contributed by atoms with Gasteiger partial charge in [0.25, 0.3) is 5.91 Å². The molecule has 1 atom stereocenters. The van der Waals surface area contributed by atoms with Crippen LogP contribution in [-0.4, -0.2) is 15.3 Å². The molecule has 0 aliphatic heterocycles. The lowest BCUT2D eigenvalue weighted by atomic mass is 9.97. The number of amides is 1. The number of aryl methyl sites for hydroxylation is 1. The van der Waals surface area contributed by atoms with E-state index in [0.717, 1.165) is 23.4 Å².